The Hall–Kier alpha value is -1.76. The largest absolute Gasteiger partial charge is 0.508 e. The van der Waals surface area contributed by atoms with Gasteiger partial charge in [-0.1, -0.05) is 48.9 Å². The molecule has 17 heavy (non-hydrogen) atoms. The number of hydrogen-bond donors (Lipinski definition) is 1. The third-order valence-electron chi connectivity index (χ3n) is 3.18. The minimum absolute atomic E-state index is 0.326. The lowest BCUT2D eigenvalue weighted by Crippen LogP contribution is -1.99. The van der Waals surface area contributed by atoms with E-state index in [9.17, 15) is 5.11 Å². The van der Waals surface area contributed by atoms with Crippen molar-refractivity contribution in [2.24, 2.45) is 0 Å². The molecule has 0 amide bonds. The highest BCUT2D eigenvalue weighted by molar-refractivity contribution is 5.36. The fourth-order valence-electron chi connectivity index (χ4n) is 2.17. The Morgan fingerprint density at radius 1 is 0.882 bits per heavy atom. The SMILES string of the molecule is CCC(c1ccc(C)cc1)c1ccc(O)cc1. The maximum atomic E-state index is 9.32. The van der Waals surface area contributed by atoms with Crippen LogP contribution in [-0.4, -0.2) is 5.11 Å². The van der Waals surface area contributed by atoms with Crippen molar-refractivity contribution < 1.29 is 5.11 Å². The highest BCUT2D eigenvalue weighted by atomic mass is 16.3. The van der Waals surface area contributed by atoms with Gasteiger partial charge < -0.3 is 5.11 Å². The second kappa shape index (κ2) is 5.05. The number of aryl methyl sites for hydroxylation is 1. The molecule has 1 nitrogen and oxygen atoms in total. The van der Waals surface area contributed by atoms with Crippen molar-refractivity contribution in [1.29, 1.82) is 0 Å². The molecule has 0 saturated heterocycles. The molecule has 0 fully saturated rings. The highest BCUT2D eigenvalue weighted by Crippen LogP contribution is 2.28. The van der Waals surface area contributed by atoms with Crippen molar-refractivity contribution in [2.75, 3.05) is 0 Å². The lowest BCUT2D eigenvalue weighted by atomic mass is 9.89. The predicted molar refractivity (Wildman–Crippen MR) is 71.4 cm³/mol. The first-order valence-corrected chi connectivity index (χ1v) is 6.06. The van der Waals surface area contributed by atoms with Gasteiger partial charge in [0.15, 0.2) is 0 Å². The van der Waals surface area contributed by atoms with Crippen molar-refractivity contribution in [3.8, 4) is 5.75 Å². The molecular weight excluding hydrogens is 208 g/mol. The molecule has 1 unspecified atom stereocenters. The third-order valence-corrected chi connectivity index (χ3v) is 3.18. The van der Waals surface area contributed by atoms with Crippen LogP contribution in [0, 0.1) is 6.92 Å². The number of rotatable bonds is 3. The molecule has 0 heterocycles. The van der Waals surface area contributed by atoms with Gasteiger partial charge in [0.1, 0.15) is 5.75 Å². The monoisotopic (exact) mass is 226 g/mol. The molecule has 0 aliphatic rings. The molecule has 2 aromatic carbocycles. The van der Waals surface area contributed by atoms with E-state index in [0.29, 0.717) is 11.7 Å². The van der Waals surface area contributed by atoms with Crippen LogP contribution in [-0.2, 0) is 0 Å². The summed E-state index contributed by atoms with van der Waals surface area (Å²) in [6, 6.07) is 16.2. The molecule has 2 aromatic rings. The van der Waals surface area contributed by atoms with E-state index in [4.69, 9.17) is 0 Å². The number of aromatic hydroxyl groups is 1. The third kappa shape index (κ3) is 2.68. The van der Waals surface area contributed by atoms with Crippen LogP contribution >= 0.6 is 0 Å². The van der Waals surface area contributed by atoms with Crippen LogP contribution in [0.1, 0.15) is 36.0 Å². The Morgan fingerprint density at radius 3 is 1.82 bits per heavy atom. The molecular formula is C16H18O. The van der Waals surface area contributed by atoms with Gasteiger partial charge in [0, 0.05) is 5.92 Å². The predicted octanol–water partition coefficient (Wildman–Crippen LogP) is 4.24. The van der Waals surface area contributed by atoms with E-state index in [1.54, 1.807) is 12.1 Å². The van der Waals surface area contributed by atoms with Gasteiger partial charge in [0.25, 0.3) is 0 Å². The molecule has 1 heteroatoms. The van der Waals surface area contributed by atoms with E-state index in [0.717, 1.165) is 6.42 Å². The maximum Gasteiger partial charge on any atom is 0.115 e. The Labute approximate surface area is 103 Å². The standard InChI is InChI=1S/C16H18O/c1-3-16(13-6-4-12(2)5-7-13)14-8-10-15(17)11-9-14/h4-11,16-17H,3H2,1-2H3. The van der Waals surface area contributed by atoms with Gasteiger partial charge in [-0.05, 0) is 36.6 Å². The molecule has 0 bridgehead atoms. The van der Waals surface area contributed by atoms with Gasteiger partial charge in [0.2, 0.25) is 0 Å². The summed E-state index contributed by atoms with van der Waals surface area (Å²) in [6.07, 6.45) is 1.06. The highest BCUT2D eigenvalue weighted by Gasteiger charge is 2.11. The van der Waals surface area contributed by atoms with E-state index in [-0.39, 0.29) is 0 Å². The van der Waals surface area contributed by atoms with E-state index in [2.05, 4.69) is 38.1 Å². The van der Waals surface area contributed by atoms with Crippen LogP contribution < -0.4 is 0 Å². The molecule has 0 aliphatic heterocycles. The average molecular weight is 226 g/mol. The summed E-state index contributed by atoms with van der Waals surface area (Å²) in [6.45, 7) is 4.29. The zero-order chi connectivity index (χ0) is 12.3. The zero-order valence-corrected chi connectivity index (χ0v) is 10.4. The smallest absolute Gasteiger partial charge is 0.115 e. The molecule has 1 atom stereocenters. The number of phenols is 1. The van der Waals surface area contributed by atoms with Gasteiger partial charge in [0.05, 0.1) is 0 Å². The Morgan fingerprint density at radius 2 is 1.35 bits per heavy atom. The van der Waals surface area contributed by atoms with Crippen LogP contribution in [0.15, 0.2) is 48.5 Å². The molecule has 0 saturated carbocycles. The lowest BCUT2D eigenvalue weighted by Gasteiger charge is -2.16. The van der Waals surface area contributed by atoms with Gasteiger partial charge in [-0.2, -0.15) is 0 Å². The lowest BCUT2D eigenvalue weighted by molar-refractivity contribution is 0.475. The second-order valence-electron chi connectivity index (χ2n) is 4.46. The van der Waals surface area contributed by atoms with Crippen LogP contribution in [0.3, 0.4) is 0 Å². The van der Waals surface area contributed by atoms with Gasteiger partial charge in [-0.3, -0.25) is 0 Å². The first-order chi connectivity index (χ1) is 8.20. The molecule has 0 spiro atoms. The Bertz CT molecular complexity index is 422. The Kier molecular flexibility index (Phi) is 3.48. The molecule has 1 N–H and O–H groups in total. The second-order valence-corrected chi connectivity index (χ2v) is 4.46. The van der Waals surface area contributed by atoms with E-state index in [1.807, 2.05) is 12.1 Å². The van der Waals surface area contributed by atoms with Gasteiger partial charge >= 0.3 is 0 Å². The quantitative estimate of drug-likeness (QED) is 0.829. The number of benzene rings is 2. The first kappa shape index (κ1) is 11.7. The minimum Gasteiger partial charge on any atom is -0.508 e. The summed E-state index contributed by atoms with van der Waals surface area (Å²) in [5.41, 5.74) is 3.88. The van der Waals surface area contributed by atoms with E-state index >= 15 is 0 Å². The fourth-order valence-corrected chi connectivity index (χ4v) is 2.17. The fraction of sp³-hybridized carbons (Fsp3) is 0.250. The maximum absolute atomic E-state index is 9.32. The van der Waals surface area contributed by atoms with Crippen molar-refractivity contribution in [3.05, 3.63) is 65.2 Å². The van der Waals surface area contributed by atoms with Crippen LogP contribution in [0.4, 0.5) is 0 Å². The summed E-state index contributed by atoms with van der Waals surface area (Å²) < 4.78 is 0. The van der Waals surface area contributed by atoms with Crippen LogP contribution in [0.25, 0.3) is 0 Å². The summed E-state index contributed by atoms with van der Waals surface area (Å²) in [7, 11) is 0. The van der Waals surface area contributed by atoms with Crippen molar-refractivity contribution in [3.63, 3.8) is 0 Å². The Balaban J connectivity index is 2.33. The first-order valence-electron chi connectivity index (χ1n) is 6.06. The van der Waals surface area contributed by atoms with E-state index in [1.165, 1.54) is 16.7 Å². The summed E-state index contributed by atoms with van der Waals surface area (Å²) in [4.78, 5) is 0. The molecule has 0 radical (unpaired) electrons. The molecule has 2 rings (SSSR count). The summed E-state index contributed by atoms with van der Waals surface area (Å²) in [5.74, 6) is 0.740. The van der Waals surface area contributed by atoms with Crippen LogP contribution in [0.5, 0.6) is 5.75 Å². The molecule has 88 valence electrons. The number of hydrogen-bond acceptors (Lipinski definition) is 1. The topological polar surface area (TPSA) is 20.2 Å². The average Bonchev–Trinajstić information content (AvgIpc) is 2.35. The van der Waals surface area contributed by atoms with Crippen molar-refractivity contribution in [1.82, 2.24) is 0 Å². The minimum atomic E-state index is 0.326. The normalized spacial score (nSPS) is 12.4. The van der Waals surface area contributed by atoms with Crippen LogP contribution in [0.2, 0.25) is 0 Å². The zero-order valence-electron chi connectivity index (χ0n) is 10.4. The van der Waals surface area contributed by atoms with Gasteiger partial charge in [-0.15, -0.1) is 0 Å². The molecule has 0 aromatic heterocycles. The molecule has 0 aliphatic carbocycles. The summed E-state index contributed by atoms with van der Waals surface area (Å²) in [5, 5.41) is 9.32. The van der Waals surface area contributed by atoms with Crippen molar-refractivity contribution in [2.45, 2.75) is 26.2 Å². The summed E-state index contributed by atoms with van der Waals surface area (Å²) >= 11 is 0. The van der Waals surface area contributed by atoms with E-state index < -0.39 is 0 Å². The van der Waals surface area contributed by atoms with Gasteiger partial charge in [-0.25, -0.2) is 0 Å². The van der Waals surface area contributed by atoms with Crippen molar-refractivity contribution >= 4 is 0 Å². The number of phenolic OH excluding ortho intramolecular Hbond substituents is 1.